The maximum Gasteiger partial charge on any atom is 0.282 e. The number of benzene rings is 1. The molecule has 2 aliphatic heterocycles. The molecule has 1 aromatic heterocycles. The van der Waals surface area contributed by atoms with Crippen molar-refractivity contribution in [3.63, 3.8) is 0 Å². The number of rotatable bonds is 6. The highest BCUT2D eigenvalue weighted by Crippen LogP contribution is 2.31. The minimum atomic E-state index is -3.57. The zero-order valence-corrected chi connectivity index (χ0v) is 17.7. The summed E-state index contributed by atoms with van der Waals surface area (Å²) in [5, 5.41) is 0. The molecule has 4 rings (SSSR count). The van der Waals surface area contributed by atoms with Crippen molar-refractivity contribution in [3.8, 4) is 17.0 Å². The van der Waals surface area contributed by atoms with E-state index in [-0.39, 0.29) is 17.6 Å². The number of ether oxygens (including phenoxy) is 2. The van der Waals surface area contributed by atoms with Crippen LogP contribution < -0.4 is 9.64 Å². The highest BCUT2D eigenvalue weighted by Gasteiger charge is 2.40. The van der Waals surface area contributed by atoms with Crippen molar-refractivity contribution in [2.24, 2.45) is 0 Å². The maximum atomic E-state index is 15.1. The number of anilines is 1. The SMILES string of the molecule is COc1ccc(-c2ncnc(N3CC(N(C)S(=O)(=O)N4CCOCC4)C3)c2F)cc1. The number of halogens is 1. The van der Waals surface area contributed by atoms with Crippen molar-refractivity contribution >= 4 is 16.0 Å². The van der Waals surface area contributed by atoms with Gasteiger partial charge in [0, 0.05) is 38.8 Å². The van der Waals surface area contributed by atoms with Crippen LogP contribution in [0.15, 0.2) is 30.6 Å². The van der Waals surface area contributed by atoms with Crippen molar-refractivity contribution in [2.45, 2.75) is 6.04 Å². The Morgan fingerprint density at radius 2 is 1.83 bits per heavy atom. The molecule has 162 valence electrons. The summed E-state index contributed by atoms with van der Waals surface area (Å²) >= 11 is 0. The predicted molar refractivity (Wildman–Crippen MR) is 109 cm³/mol. The van der Waals surface area contributed by atoms with Gasteiger partial charge in [0.2, 0.25) is 0 Å². The summed E-state index contributed by atoms with van der Waals surface area (Å²) in [6.45, 7) is 2.18. The van der Waals surface area contributed by atoms with Crippen LogP contribution in [0.1, 0.15) is 0 Å². The molecular weight excluding hydrogens is 413 g/mol. The molecule has 0 bridgehead atoms. The van der Waals surface area contributed by atoms with Gasteiger partial charge in [-0.2, -0.15) is 17.0 Å². The summed E-state index contributed by atoms with van der Waals surface area (Å²) in [6.07, 6.45) is 1.32. The van der Waals surface area contributed by atoms with E-state index in [9.17, 15) is 8.42 Å². The van der Waals surface area contributed by atoms with Crippen molar-refractivity contribution in [3.05, 3.63) is 36.4 Å². The fourth-order valence-electron chi connectivity index (χ4n) is 3.54. The van der Waals surface area contributed by atoms with Crippen molar-refractivity contribution in [1.82, 2.24) is 18.6 Å². The molecule has 0 saturated carbocycles. The molecule has 9 nitrogen and oxygen atoms in total. The second-order valence-electron chi connectivity index (χ2n) is 7.18. The Morgan fingerprint density at radius 1 is 1.17 bits per heavy atom. The number of likely N-dealkylation sites (N-methyl/N-ethyl adjacent to an activating group) is 1. The molecule has 2 aliphatic rings. The zero-order chi connectivity index (χ0) is 21.3. The highest BCUT2D eigenvalue weighted by atomic mass is 32.2. The van der Waals surface area contributed by atoms with Crippen LogP contribution in [0, 0.1) is 5.82 Å². The lowest BCUT2D eigenvalue weighted by molar-refractivity contribution is 0.0695. The van der Waals surface area contributed by atoms with E-state index in [1.54, 1.807) is 43.3 Å². The number of aromatic nitrogens is 2. The molecule has 2 fully saturated rings. The lowest BCUT2D eigenvalue weighted by atomic mass is 10.1. The summed E-state index contributed by atoms with van der Waals surface area (Å²) in [5.41, 5.74) is 0.807. The third kappa shape index (κ3) is 3.85. The molecule has 0 radical (unpaired) electrons. The van der Waals surface area contributed by atoms with Gasteiger partial charge in [0.15, 0.2) is 11.6 Å². The predicted octanol–water partition coefficient (Wildman–Crippen LogP) is 0.989. The van der Waals surface area contributed by atoms with E-state index >= 15 is 4.39 Å². The van der Waals surface area contributed by atoms with Gasteiger partial charge in [-0.15, -0.1) is 0 Å². The third-order valence-corrected chi connectivity index (χ3v) is 7.51. The summed E-state index contributed by atoms with van der Waals surface area (Å²) < 4.78 is 53.8. The van der Waals surface area contributed by atoms with E-state index < -0.39 is 16.0 Å². The fraction of sp³-hybridized carbons (Fsp3) is 0.474. The van der Waals surface area contributed by atoms with Gasteiger partial charge >= 0.3 is 0 Å². The molecule has 0 amide bonds. The number of hydrogen-bond donors (Lipinski definition) is 0. The molecule has 0 unspecified atom stereocenters. The summed E-state index contributed by atoms with van der Waals surface area (Å²) in [4.78, 5) is 9.89. The van der Waals surface area contributed by atoms with E-state index in [0.29, 0.717) is 50.7 Å². The Hall–Kier alpha value is -2.34. The Bertz CT molecular complexity index is 992. The number of morpholine rings is 1. The third-order valence-electron chi connectivity index (χ3n) is 5.47. The quantitative estimate of drug-likeness (QED) is 0.666. The Balaban J connectivity index is 1.46. The molecule has 30 heavy (non-hydrogen) atoms. The van der Waals surface area contributed by atoms with Crippen LogP contribution in [0.4, 0.5) is 10.2 Å². The van der Waals surface area contributed by atoms with Gasteiger partial charge in [-0.3, -0.25) is 0 Å². The fourth-order valence-corrected chi connectivity index (χ4v) is 5.02. The van der Waals surface area contributed by atoms with Crippen LogP contribution in [0.25, 0.3) is 11.3 Å². The second kappa shape index (κ2) is 8.42. The smallest absolute Gasteiger partial charge is 0.282 e. The molecular formula is C19H24FN5O4S. The van der Waals surface area contributed by atoms with Crippen LogP contribution in [-0.4, -0.2) is 86.6 Å². The normalized spacial score (nSPS) is 18.5. The minimum Gasteiger partial charge on any atom is -0.497 e. The average molecular weight is 437 g/mol. The van der Waals surface area contributed by atoms with E-state index in [2.05, 4.69) is 9.97 Å². The van der Waals surface area contributed by atoms with E-state index in [1.807, 2.05) is 0 Å². The summed E-state index contributed by atoms with van der Waals surface area (Å²) in [7, 11) is -0.448. The molecule has 1 aromatic carbocycles. The first kappa shape index (κ1) is 20.9. The minimum absolute atomic E-state index is 0.171. The lowest BCUT2D eigenvalue weighted by Crippen LogP contribution is -2.62. The van der Waals surface area contributed by atoms with Gasteiger partial charge in [0.1, 0.15) is 17.8 Å². The Morgan fingerprint density at radius 3 is 2.47 bits per heavy atom. The van der Waals surface area contributed by atoms with E-state index in [1.165, 1.54) is 14.9 Å². The summed E-state index contributed by atoms with van der Waals surface area (Å²) in [6, 6.07) is 6.69. The first-order valence-corrected chi connectivity index (χ1v) is 11.0. The van der Waals surface area contributed by atoms with E-state index in [4.69, 9.17) is 9.47 Å². The van der Waals surface area contributed by atoms with Gasteiger partial charge in [0.05, 0.1) is 26.4 Å². The number of methoxy groups -OCH3 is 1. The molecule has 11 heteroatoms. The van der Waals surface area contributed by atoms with Gasteiger partial charge in [-0.1, -0.05) is 0 Å². The van der Waals surface area contributed by atoms with Crippen LogP contribution in [-0.2, 0) is 14.9 Å². The first-order chi connectivity index (χ1) is 14.4. The van der Waals surface area contributed by atoms with Crippen LogP contribution >= 0.6 is 0 Å². The van der Waals surface area contributed by atoms with Crippen molar-refractivity contribution in [2.75, 3.05) is 58.5 Å². The molecule has 0 spiro atoms. The first-order valence-electron chi connectivity index (χ1n) is 9.62. The Labute approximate surface area is 175 Å². The van der Waals surface area contributed by atoms with Crippen LogP contribution in [0.5, 0.6) is 5.75 Å². The van der Waals surface area contributed by atoms with Gasteiger partial charge in [0.25, 0.3) is 10.2 Å². The average Bonchev–Trinajstić information content (AvgIpc) is 2.74. The van der Waals surface area contributed by atoms with Crippen LogP contribution in [0.3, 0.4) is 0 Å². The zero-order valence-electron chi connectivity index (χ0n) is 16.9. The summed E-state index contributed by atoms with van der Waals surface area (Å²) in [5.74, 6) is 0.313. The van der Waals surface area contributed by atoms with Gasteiger partial charge in [-0.25, -0.2) is 14.4 Å². The number of hydrogen-bond acceptors (Lipinski definition) is 7. The second-order valence-corrected chi connectivity index (χ2v) is 9.17. The van der Waals surface area contributed by atoms with Crippen molar-refractivity contribution in [1.29, 1.82) is 0 Å². The lowest BCUT2D eigenvalue weighted by Gasteiger charge is -2.45. The molecule has 0 N–H and O–H groups in total. The molecule has 0 atom stereocenters. The highest BCUT2D eigenvalue weighted by molar-refractivity contribution is 7.86. The van der Waals surface area contributed by atoms with Gasteiger partial charge < -0.3 is 14.4 Å². The monoisotopic (exact) mass is 437 g/mol. The van der Waals surface area contributed by atoms with Crippen molar-refractivity contribution < 1.29 is 22.3 Å². The molecule has 2 aromatic rings. The maximum absolute atomic E-state index is 15.1. The van der Waals surface area contributed by atoms with E-state index in [0.717, 1.165) is 0 Å². The largest absolute Gasteiger partial charge is 0.497 e. The Kier molecular flexibility index (Phi) is 5.87. The molecule has 0 aliphatic carbocycles. The number of nitrogens with zero attached hydrogens (tertiary/aromatic N) is 5. The molecule has 3 heterocycles. The topological polar surface area (TPSA) is 88.1 Å². The van der Waals surface area contributed by atoms with Gasteiger partial charge in [-0.05, 0) is 24.3 Å². The van der Waals surface area contributed by atoms with Crippen LogP contribution in [0.2, 0.25) is 0 Å². The standard InChI is InChI=1S/C19H24FN5O4S/c1-23(30(26,27)25-7-9-29-10-8-25)15-11-24(12-15)19-17(20)18(21-13-22-19)14-3-5-16(28-2)6-4-14/h3-6,13,15H,7-12H2,1-2H3. The molecule has 2 saturated heterocycles.